The summed E-state index contributed by atoms with van der Waals surface area (Å²) in [6.07, 6.45) is 0. The third-order valence-electron chi connectivity index (χ3n) is 3.48. The van der Waals surface area contributed by atoms with Gasteiger partial charge in [-0.3, -0.25) is 4.79 Å². The van der Waals surface area contributed by atoms with E-state index in [1.165, 1.54) is 0 Å². The smallest absolute Gasteiger partial charge is 0.267 e. The summed E-state index contributed by atoms with van der Waals surface area (Å²) in [4.78, 5) is 11.8. The Morgan fingerprint density at radius 2 is 1.73 bits per heavy atom. The van der Waals surface area contributed by atoms with Gasteiger partial charge in [-0.2, -0.15) is 0 Å². The molecule has 0 radical (unpaired) electrons. The number of halogens is 2. The molecule has 0 bridgehead atoms. The number of nitrogens with zero attached hydrogens (tertiary/aromatic N) is 1. The van der Waals surface area contributed by atoms with Gasteiger partial charge in [0.15, 0.2) is 0 Å². The molecule has 1 heterocycles. The van der Waals surface area contributed by atoms with Crippen LogP contribution in [-0.4, -0.2) is 10.5 Å². The van der Waals surface area contributed by atoms with E-state index >= 15 is 0 Å². The molecular formula is C16H15Cl2N3O. The van der Waals surface area contributed by atoms with Crippen LogP contribution in [0.2, 0.25) is 5.02 Å². The maximum atomic E-state index is 11.8. The Bertz CT molecular complexity index is 825. The molecule has 6 heteroatoms. The molecule has 4 nitrogen and oxygen atoms in total. The Balaban J connectivity index is 0.00000176. The van der Waals surface area contributed by atoms with Crippen LogP contribution < -0.4 is 11.5 Å². The van der Waals surface area contributed by atoms with Crippen LogP contribution in [0, 0.1) is 0 Å². The third-order valence-corrected chi connectivity index (χ3v) is 3.86. The summed E-state index contributed by atoms with van der Waals surface area (Å²) in [5.41, 5.74) is 14.1. The third kappa shape index (κ3) is 2.57. The van der Waals surface area contributed by atoms with E-state index in [4.69, 9.17) is 23.1 Å². The SMILES string of the molecule is Cl.NCc1ccc(-n2c(C(N)=O)c(Cl)c3ccccc32)cc1. The van der Waals surface area contributed by atoms with Crippen molar-refractivity contribution >= 4 is 40.8 Å². The van der Waals surface area contributed by atoms with Gasteiger partial charge in [-0.15, -0.1) is 12.4 Å². The quantitative estimate of drug-likeness (QED) is 0.770. The Morgan fingerprint density at radius 3 is 2.32 bits per heavy atom. The maximum Gasteiger partial charge on any atom is 0.267 e. The lowest BCUT2D eigenvalue weighted by atomic mass is 10.2. The van der Waals surface area contributed by atoms with Crippen LogP contribution in [0.4, 0.5) is 0 Å². The van der Waals surface area contributed by atoms with Crippen LogP contribution in [0.15, 0.2) is 48.5 Å². The molecule has 0 spiro atoms. The highest BCUT2D eigenvalue weighted by molar-refractivity contribution is 6.39. The van der Waals surface area contributed by atoms with Crippen LogP contribution in [0.1, 0.15) is 16.1 Å². The Hall–Kier alpha value is -2.01. The molecule has 0 aliphatic carbocycles. The summed E-state index contributed by atoms with van der Waals surface area (Å²) >= 11 is 6.32. The number of hydrogen-bond acceptors (Lipinski definition) is 2. The first-order chi connectivity index (χ1) is 10.1. The molecule has 0 unspecified atom stereocenters. The number of carbonyl (C=O) groups is 1. The predicted molar refractivity (Wildman–Crippen MR) is 91.9 cm³/mol. The number of aromatic nitrogens is 1. The predicted octanol–water partition coefficient (Wildman–Crippen LogP) is 3.26. The number of rotatable bonds is 3. The monoisotopic (exact) mass is 335 g/mol. The Kier molecular flexibility index (Phi) is 4.76. The molecule has 3 rings (SSSR count). The van der Waals surface area contributed by atoms with Crippen molar-refractivity contribution in [3.05, 3.63) is 64.8 Å². The second-order valence-corrected chi connectivity index (χ2v) is 5.13. The van der Waals surface area contributed by atoms with Gasteiger partial charge in [0.25, 0.3) is 5.91 Å². The van der Waals surface area contributed by atoms with E-state index < -0.39 is 5.91 Å². The van der Waals surface area contributed by atoms with Gasteiger partial charge in [0, 0.05) is 17.6 Å². The molecule has 0 atom stereocenters. The average molecular weight is 336 g/mol. The minimum atomic E-state index is -0.556. The standard InChI is InChI=1S/C16H14ClN3O.ClH/c17-14-12-3-1-2-4-13(12)20(15(14)16(19)21)11-7-5-10(9-18)6-8-11;/h1-8H,9,18H2,(H2,19,21);1H. The van der Waals surface area contributed by atoms with Crippen molar-refractivity contribution in [1.82, 2.24) is 4.57 Å². The van der Waals surface area contributed by atoms with Gasteiger partial charge in [0.05, 0.1) is 10.5 Å². The molecule has 0 aliphatic heterocycles. The van der Waals surface area contributed by atoms with Gasteiger partial charge in [-0.25, -0.2) is 0 Å². The lowest BCUT2D eigenvalue weighted by Crippen LogP contribution is -2.16. The van der Waals surface area contributed by atoms with E-state index in [9.17, 15) is 4.79 Å². The number of para-hydroxylation sites is 1. The summed E-state index contributed by atoms with van der Waals surface area (Å²) in [6.45, 7) is 0.468. The van der Waals surface area contributed by atoms with Crippen molar-refractivity contribution in [2.75, 3.05) is 0 Å². The summed E-state index contributed by atoms with van der Waals surface area (Å²) in [5, 5.41) is 1.18. The number of amides is 1. The molecule has 4 N–H and O–H groups in total. The van der Waals surface area contributed by atoms with Gasteiger partial charge in [-0.05, 0) is 23.8 Å². The van der Waals surface area contributed by atoms with E-state index in [1.54, 1.807) is 4.57 Å². The van der Waals surface area contributed by atoms with Crippen LogP contribution in [0.5, 0.6) is 0 Å². The molecule has 2 aromatic carbocycles. The fraction of sp³-hybridized carbons (Fsp3) is 0.0625. The van der Waals surface area contributed by atoms with E-state index in [1.807, 2.05) is 48.5 Å². The highest BCUT2D eigenvalue weighted by Gasteiger charge is 2.20. The van der Waals surface area contributed by atoms with Crippen molar-refractivity contribution in [2.24, 2.45) is 11.5 Å². The zero-order valence-electron chi connectivity index (χ0n) is 11.6. The first kappa shape index (κ1) is 16.4. The Labute approximate surface area is 139 Å². The lowest BCUT2D eigenvalue weighted by Gasteiger charge is -2.09. The summed E-state index contributed by atoms with van der Waals surface area (Å²) < 4.78 is 1.78. The number of benzene rings is 2. The van der Waals surface area contributed by atoms with Crippen molar-refractivity contribution < 1.29 is 4.79 Å². The van der Waals surface area contributed by atoms with E-state index in [0.29, 0.717) is 17.3 Å². The molecule has 0 saturated heterocycles. The van der Waals surface area contributed by atoms with Gasteiger partial charge >= 0.3 is 0 Å². The lowest BCUT2D eigenvalue weighted by molar-refractivity contribution is 0.0994. The van der Waals surface area contributed by atoms with Crippen molar-refractivity contribution in [3.8, 4) is 5.69 Å². The summed E-state index contributed by atoms with van der Waals surface area (Å²) in [6, 6.07) is 15.2. The number of hydrogen-bond donors (Lipinski definition) is 2. The maximum absolute atomic E-state index is 11.8. The largest absolute Gasteiger partial charge is 0.364 e. The van der Waals surface area contributed by atoms with E-state index in [0.717, 1.165) is 22.2 Å². The first-order valence-electron chi connectivity index (χ1n) is 6.51. The molecule has 22 heavy (non-hydrogen) atoms. The molecule has 1 aromatic heterocycles. The van der Waals surface area contributed by atoms with Gasteiger partial charge in [0.2, 0.25) is 0 Å². The molecule has 3 aromatic rings. The van der Waals surface area contributed by atoms with Crippen molar-refractivity contribution in [3.63, 3.8) is 0 Å². The van der Waals surface area contributed by atoms with Crippen LogP contribution >= 0.6 is 24.0 Å². The molecule has 0 fully saturated rings. The summed E-state index contributed by atoms with van der Waals surface area (Å²) in [7, 11) is 0. The Morgan fingerprint density at radius 1 is 1.09 bits per heavy atom. The highest BCUT2D eigenvalue weighted by atomic mass is 35.5. The molecule has 0 saturated carbocycles. The second-order valence-electron chi connectivity index (χ2n) is 4.75. The molecule has 1 amide bonds. The fourth-order valence-electron chi connectivity index (χ4n) is 2.47. The fourth-order valence-corrected chi connectivity index (χ4v) is 2.81. The first-order valence-corrected chi connectivity index (χ1v) is 6.89. The van der Waals surface area contributed by atoms with E-state index in [-0.39, 0.29) is 12.4 Å². The van der Waals surface area contributed by atoms with Crippen molar-refractivity contribution in [1.29, 1.82) is 0 Å². The van der Waals surface area contributed by atoms with Gasteiger partial charge in [-0.1, -0.05) is 41.9 Å². The summed E-state index contributed by atoms with van der Waals surface area (Å²) in [5.74, 6) is -0.556. The zero-order valence-corrected chi connectivity index (χ0v) is 13.2. The minimum Gasteiger partial charge on any atom is -0.364 e. The number of carbonyl (C=O) groups excluding carboxylic acids is 1. The van der Waals surface area contributed by atoms with Crippen molar-refractivity contribution in [2.45, 2.75) is 6.54 Å². The molecule has 114 valence electrons. The normalized spacial score (nSPS) is 10.5. The van der Waals surface area contributed by atoms with E-state index in [2.05, 4.69) is 0 Å². The molecule has 0 aliphatic rings. The topological polar surface area (TPSA) is 74.0 Å². The zero-order chi connectivity index (χ0) is 15.0. The highest BCUT2D eigenvalue weighted by Crippen LogP contribution is 2.33. The van der Waals surface area contributed by atoms with Gasteiger partial charge in [0.1, 0.15) is 5.69 Å². The van der Waals surface area contributed by atoms with Crippen LogP contribution in [0.3, 0.4) is 0 Å². The number of nitrogens with two attached hydrogens (primary N) is 2. The molecular weight excluding hydrogens is 321 g/mol. The minimum absolute atomic E-state index is 0. The average Bonchev–Trinajstić information content (AvgIpc) is 2.81. The van der Waals surface area contributed by atoms with Crippen LogP contribution in [0.25, 0.3) is 16.6 Å². The van der Waals surface area contributed by atoms with Gasteiger partial charge < -0.3 is 16.0 Å². The number of primary amides is 1. The van der Waals surface area contributed by atoms with Crippen LogP contribution in [-0.2, 0) is 6.54 Å². The second kappa shape index (κ2) is 6.40. The number of fused-ring (bicyclic) bond motifs is 1.